The summed E-state index contributed by atoms with van der Waals surface area (Å²) in [7, 11) is 2.90. The fraction of sp³-hybridized carbons (Fsp3) is 0.250. The first-order valence-electron chi connectivity index (χ1n) is 9.08. The molecule has 3 N–H and O–H groups in total. The number of aryl methyl sites for hydroxylation is 1. The van der Waals surface area contributed by atoms with Crippen LogP contribution in [0.5, 0.6) is 5.75 Å². The minimum atomic E-state index is -0.942. The van der Waals surface area contributed by atoms with Gasteiger partial charge in [0, 0.05) is 14.1 Å². The molecule has 0 aliphatic carbocycles. The maximum Gasteiger partial charge on any atom is 0.332 e. The number of fused-ring (bicyclic) bond motifs is 2. The first-order valence-corrected chi connectivity index (χ1v) is 9.08. The number of nitrogens with zero attached hydrogens (tertiary/aromatic N) is 4. The molecule has 0 saturated carbocycles. The van der Waals surface area contributed by atoms with Gasteiger partial charge in [-0.05, 0) is 22.9 Å². The zero-order valence-corrected chi connectivity index (χ0v) is 16.1. The van der Waals surface area contributed by atoms with Crippen LogP contribution < -0.4 is 21.7 Å². The average molecular weight is 395 g/mol. The highest BCUT2D eigenvalue weighted by Gasteiger charge is 2.19. The van der Waals surface area contributed by atoms with E-state index in [1.165, 1.54) is 23.2 Å². The normalized spacial score (nSPS) is 12.5. The van der Waals surface area contributed by atoms with Gasteiger partial charge < -0.3 is 20.1 Å². The zero-order valence-electron chi connectivity index (χ0n) is 16.1. The van der Waals surface area contributed by atoms with Crippen LogP contribution in [0.2, 0.25) is 0 Å². The van der Waals surface area contributed by atoms with Crippen molar-refractivity contribution in [2.75, 3.05) is 12.3 Å². The lowest BCUT2D eigenvalue weighted by Gasteiger charge is -2.15. The first kappa shape index (κ1) is 18.8. The molecular formula is C20H21N5O4. The molecule has 0 aliphatic heterocycles. The number of rotatable bonds is 5. The molecule has 9 nitrogen and oxygen atoms in total. The number of nitrogen functional groups attached to an aromatic ring is 1. The lowest BCUT2D eigenvalue weighted by Crippen LogP contribution is -2.38. The Morgan fingerprint density at radius 1 is 1.10 bits per heavy atom. The molecule has 2 aromatic carbocycles. The number of imidazole rings is 1. The average Bonchev–Trinajstić information content (AvgIpc) is 3.05. The fourth-order valence-corrected chi connectivity index (χ4v) is 3.36. The highest BCUT2D eigenvalue weighted by atomic mass is 16.5. The Balaban J connectivity index is 1.57. The summed E-state index contributed by atoms with van der Waals surface area (Å²) >= 11 is 0. The Morgan fingerprint density at radius 2 is 1.83 bits per heavy atom. The van der Waals surface area contributed by atoms with E-state index in [1.54, 1.807) is 0 Å². The van der Waals surface area contributed by atoms with Crippen LogP contribution in [0, 0.1) is 0 Å². The molecule has 0 saturated heterocycles. The summed E-state index contributed by atoms with van der Waals surface area (Å²) in [6, 6.07) is 13.6. The fourth-order valence-electron chi connectivity index (χ4n) is 3.36. The number of nitrogens with two attached hydrogens (primary N) is 1. The zero-order chi connectivity index (χ0) is 20.7. The number of anilines is 1. The van der Waals surface area contributed by atoms with Gasteiger partial charge in [-0.2, -0.15) is 4.98 Å². The number of ether oxygens (including phenoxy) is 1. The van der Waals surface area contributed by atoms with E-state index in [2.05, 4.69) is 4.98 Å². The van der Waals surface area contributed by atoms with Gasteiger partial charge in [0.1, 0.15) is 18.5 Å². The highest BCUT2D eigenvalue weighted by molar-refractivity contribution is 5.83. The molecule has 150 valence electrons. The van der Waals surface area contributed by atoms with Crippen molar-refractivity contribution in [1.82, 2.24) is 18.7 Å². The quantitative estimate of drug-likeness (QED) is 0.511. The van der Waals surface area contributed by atoms with Gasteiger partial charge in [0.05, 0.1) is 6.54 Å². The third-order valence-corrected chi connectivity index (χ3v) is 4.93. The maximum atomic E-state index is 12.5. The molecule has 29 heavy (non-hydrogen) atoms. The van der Waals surface area contributed by atoms with E-state index in [1.807, 2.05) is 42.5 Å². The van der Waals surface area contributed by atoms with Crippen LogP contribution in [0.1, 0.15) is 0 Å². The van der Waals surface area contributed by atoms with Gasteiger partial charge >= 0.3 is 5.69 Å². The third kappa shape index (κ3) is 3.25. The van der Waals surface area contributed by atoms with E-state index in [9.17, 15) is 14.7 Å². The van der Waals surface area contributed by atoms with Gasteiger partial charge in [0.25, 0.3) is 5.56 Å². The lowest BCUT2D eigenvalue weighted by atomic mass is 10.1. The largest absolute Gasteiger partial charge is 0.491 e. The molecule has 4 aromatic rings. The molecular weight excluding hydrogens is 374 g/mol. The molecule has 1 atom stereocenters. The summed E-state index contributed by atoms with van der Waals surface area (Å²) in [4.78, 5) is 28.7. The summed E-state index contributed by atoms with van der Waals surface area (Å²) in [5, 5.41) is 12.6. The summed E-state index contributed by atoms with van der Waals surface area (Å²) in [5.74, 6) is 0.674. The number of aliphatic hydroxyl groups excluding tert-OH is 1. The Hall–Kier alpha value is -3.59. The van der Waals surface area contributed by atoms with E-state index < -0.39 is 17.4 Å². The van der Waals surface area contributed by atoms with Crippen molar-refractivity contribution < 1.29 is 9.84 Å². The number of aromatic nitrogens is 4. The second-order valence-corrected chi connectivity index (χ2v) is 6.93. The number of hydrogen-bond acceptors (Lipinski definition) is 6. The summed E-state index contributed by atoms with van der Waals surface area (Å²) in [6.07, 6.45) is -0.942. The smallest absolute Gasteiger partial charge is 0.332 e. The Bertz CT molecular complexity index is 1330. The van der Waals surface area contributed by atoms with Crippen molar-refractivity contribution in [2.45, 2.75) is 12.6 Å². The van der Waals surface area contributed by atoms with Gasteiger partial charge in [0.15, 0.2) is 11.2 Å². The minimum Gasteiger partial charge on any atom is -0.491 e. The van der Waals surface area contributed by atoms with Crippen molar-refractivity contribution >= 4 is 27.9 Å². The molecule has 9 heteroatoms. The predicted octanol–water partition coefficient (Wildman–Crippen LogP) is 0.609. The van der Waals surface area contributed by atoms with Crippen LogP contribution >= 0.6 is 0 Å². The monoisotopic (exact) mass is 395 g/mol. The van der Waals surface area contributed by atoms with Gasteiger partial charge in [-0.15, -0.1) is 0 Å². The molecule has 2 heterocycles. The standard InChI is InChI=1S/C20H21N5O4/c1-23-17-16(18(27)24(2)20(23)28)25(19(21)22-17)10-14(26)11-29-15-8-7-12-5-3-4-6-13(12)9-15/h3-9,14,26H,10-11H2,1-2H3,(H2,21,22)/t14-/m0/s1. The molecule has 0 aliphatic rings. The molecule has 0 radical (unpaired) electrons. The second kappa shape index (κ2) is 7.10. The first-order chi connectivity index (χ1) is 13.9. The van der Waals surface area contributed by atoms with Gasteiger partial charge in [-0.1, -0.05) is 30.3 Å². The summed E-state index contributed by atoms with van der Waals surface area (Å²) in [5.41, 5.74) is 5.28. The molecule has 0 amide bonds. The van der Waals surface area contributed by atoms with Crippen molar-refractivity contribution in [2.24, 2.45) is 14.1 Å². The molecule has 0 unspecified atom stereocenters. The number of benzene rings is 2. The van der Waals surface area contributed by atoms with Crippen molar-refractivity contribution in [3.05, 3.63) is 63.3 Å². The third-order valence-electron chi connectivity index (χ3n) is 4.93. The highest BCUT2D eigenvalue weighted by Crippen LogP contribution is 2.21. The SMILES string of the molecule is Cn1c(=O)c2c(nc(N)n2C[C@H](O)COc2ccc3ccccc3c2)n(C)c1=O. The molecule has 0 fully saturated rings. The summed E-state index contributed by atoms with van der Waals surface area (Å²) in [6.45, 7) is 0.00684. The Morgan fingerprint density at radius 3 is 2.59 bits per heavy atom. The molecule has 0 bridgehead atoms. The van der Waals surface area contributed by atoms with E-state index >= 15 is 0 Å². The van der Waals surface area contributed by atoms with Crippen molar-refractivity contribution in [3.63, 3.8) is 0 Å². The van der Waals surface area contributed by atoms with Crippen molar-refractivity contribution in [1.29, 1.82) is 0 Å². The van der Waals surface area contributed by atoms with Crippen LogP contribution in [-0.4, -0.2) is 36.5 Å². The van der Waals surface area contributed by atoms with Crippen LogP contribution in [0.4, 0.5) is 5.95 Å². The molecule has 0 spiro atoms. The van der Waals surface area contributed by atoms with Crippen LogP contribution in [0.25, 0.3) is 21.9 Å². The number of aliphatic hydroxyl groups is 1. The molecule has 2 aromatic heterocycles. The lowest BCUT2D eigenvalue weighted by molar-refractivity contribution is 0.0939. The molecule has 4 rings (SSSR count). The Labute approximate surface area is 165 Å². The van der Waals surface area contributed by atoms with Crippen LogP contribution in [-0.2, 0) is 20.6 Å². The van der Waals surface area contributed by atoms with E-state index in [4.69, 9.17) is 10.5 Å². The Kier molecular flexibility index (Phi) is 4.59. The van der Waals surface area contributed by atoms with Gasteiger partial charge in [-0.3, -0.25) is 13.9 Å². The van der Waals surface area contributed by atoms with Crippen molar-refractivity contribution in [3.8, 4) is 5.75 Å². The van der Waals surface area contributed by atoms with Crippen LogP contribution in [0.3, 0.4) is 0 Å². The van der Waals surface area contributed by atoms with Gasteiger partial charge in [-0.25, -0.2) is 4.79 Å². The predicted molar refractivity (Wildman–Crippen MR) is 110 cm³/mol. The van der Waals surface area contributed by atoms with E-state index in [0.29, 0.717) is 5.75 Å². The van der Waals surface area contributed by atoms with E-state index in [0.717, 1.165) is 15.3 Å². The van der Waals surface area contributed by atoms with Gasteiger partial charge in [0.2, 0.25) is 5.95 Å². The number of hydrogen-bond donors (Lipinski definition) is 2. The minimum absolute atomic E-state index is 0.00333. The topological polar surface area (TPSA) is 117 Å². The van der Waals surface area contributed by atoms with E-state index in [-0.39, 0.29) is 30.3 Å². The second-order valence-electron chi connectivity index (χ2n) is 6.93. The summed E-state index contributed by atoms with van der Waals surface area (Å²) < 4.78 is 9.35. The van der Waals surface area contributed by atoms with Crippen LogP contribution in [0.15, 0.2) is 52.1 Å². The maximum absolute atomic E-state index is 12.5.